The van der Waals surface area contributed by atoms with Gasteiger partial charge < -0.3 is 25.4 Å². The number of aliphatic hydroxyl groups excluding tert-OH is 1. The van der Waals surface area contributed by atoms with Crippen molar-refractivity contribution in [1.82, 2.24) is 14.9 Å². The third-order valence-corrected chi connectivity index (χ3v) is 6.16. The first-order valence-electron chi connectivity index (χ1n) is 10.9. The smallest absolute Gasteiger partial charge is 0.408 e. The fourth-order valence-electron chi connectivity index (χ4n) is 3.44. The van der Waals surface area contributed by atoms with E-state index in [0.717, 1.165) is 5.56 Å². The average molecular weight is 544 g/mol. The lowest BCUT2D eigenvalue weighted by atomic mass is 10.1. The zero-order chi connectivity index (χ0) is 27.4. The summed E-state index contributed by atoms with van der Waals surface area (Å²) < 4.78 is 33.7. The van der Waals surface area contributed by atoms with Gasteiger partial charge in [-0.1, -0.05) is 42.5 Å². The maximum absolute atomic E-state index is 12.2. The quantitative estimate of drug-likeness (QED) is 0.167. The van der Waals surface area contributed by atoms with Crippen LogP contribution in [0.15, 0.2) is 70.3 Å². The molecule has 1 aliphatic rings. The lowest BCUT2D eigenvalue weighted by Gasteiger charge is -2.35. The minimum atomic E-state index is -4.74. The Labute approximate surface area is 215 Å². The summed E-state index contributed by atoms with van der Waals surface area (Å²) in [5.74, 6) is -1.59. The number of imide groups is 1. The van der Waals surface area contributed by atoms with Gasteiger partial charge in [-0.15, -0.1) is 5.11 Å². The number of nitrogens with one attached hydrogen (secondary N) is 2. The molecule has 0 spiro atoms. The number of carbonyl (C=O) groups excluding carboxylic acids is 3. The monoisotopic (exact) mass is 543 g/mol. The molecule has 38 heavy (non-hydrogen) atoms. The molecule has 1 aliphatic heterocycles. The molecule has 15 heteroatoms. The molecule has 1 heterocycles. The second kappa shape index (κ2) is 10.7. The number of fused-ring (bicyclic) bond motifs is 1. The number of alkyl carbamates (subject to hydrolysis) is 1. The number of ether oxygens (including phenoxy) is 1. The van der Waals surface area contributed by atoms with Gasteiger partial charge in [0.15, 0.2) is 17.7 Å². The van der Waals surface area contributed by atoms with Crippen LogP contribution in [0.2, 0.25) is 0 Å². The van der Waals surface area contributed by atoms with Gasteiger partial charge in [-0.3, -0.25) is 9.69 Å². The second-order valence-electron chi connectivity index (χ2n) is 8.11. The number of β-lactam (4-membered cyclic amide) rings is 1. The molecule has 2 unspecified atom stereocenters. The number of phenols is 2. The van der Waals surface area contributed by atoms with E-state index in [2.05, 4.69) is 15.0 Å². The Hall–Kier alpha value is -4.76. The highest BCUT2D eigenvalue weighted by Crippen LogP contribution is 2.31. The Bertz CT molecular complexity index is 1530. The fourth-order valence-corrected chi connectivity index (χ4v) is 4.02. The molecule has 3 aromatic carbocycles. The minimum Gasteiger partial charge on any atom is -0.504 e. The van der Waals surface area contributed by atoms with Crippen molar-refractivity contribution < 1.29 is 42.9 Å². The van der Waals surface area contributed by atoms with Crippen molar-refractivity contribution in [2.24, 2.45) is 9.63 Å². The van der Waals surface area contributed by atoms with Crippen molar-refractivity contribution >= 4 is 39.0 Å². The van der Waals surface area contributed by atoms with E-state index < -0.39 is 46.3 Å². The zero-order valence-corrected chi connectivity index (χ0v) is 20.2. The van der Waals surface area contributed by atoms with E-state index >= 15 is 0 Å². The van der Waals surface area contributed by atoms with Gasteiger partial charge >= 0.3 is 22.3 Å². The highest BCUT2D eigenvalue weighted by Gasteiger charge is 2.43. The lowest BCUT2D eigenvalue weighted by Crippen LogP contribution is -2.67. The van der Waals surface area contributed by atoms with Crippen molar-refractivity contribution in [3.63, 3.8) is 0 Å². The van der Waals surface area contributed by atoms with E-state index in [-0.39, 0.29) is 24.5 Å². The second-order valence-corrected chi connectivity index (χ2v) is 9.43. The number of nitrogens with zero attached hydrogens (tertiary/aromatic N) is 3. The number of urea groups is 1. The normalized spacial score (nSPS) is 16.2. The predicted octanol–water partition coefficient (Wildman–Crippen LogP) is 1.79. The first kappa shape index (κ1) is 26.3. The molecule has 5 N–H and O–H groups in total. The molecule has 198 valence electrons. The lowest BCUT2D eigenvalue weighted by molar-refractivity contribution is -0.139. The average Bonchev–Trinajstić information content (AvgIpc) is 2.88. The molecule has 0 aliphatic carbocycles. The summed E-state index contributed by atoms with van der Waals surface area (Å²) in [5, 5.41) is 35.9. The van der Waals surface area contributed by atoms with Crippen molar-refractivity contribution in [1.29, 1.82) is 0 Å². The summed E-state index contributed by atoms with van der Waals surface area (Å²) in [5.41, 5.74) is 0.840. The van der Waals surface area contributed by atoms with E-state index in [1.807, 2.05) is 0 Å². The van der Waals surface area contributed by atoms with Crippen LogP contribution >= 0.6 is 0 Å². The van der Waals surface area contributed by atoms with E-state index in [0.29, 0.717) is 15.7 Å². The summed E-state index contributed by atoms with van der Waals surface area (Å²) >= 11 is 0. The zero-order valence-electron chi connectivity index (χ0n) is 19.4. The van der Waals surface area contributed by atoms with Crippen LogP contribution in [0.5, 0.6) is 11.5 Å². The van der Waals surface area contributed by atoms with Crippen LogP contribution < -0.4 is 10.0 Å². The fraction of sp³-hybridized carbons (Fsp3) is 0.174. The number of amides is 4. The van der Waals surface area contributed by atoms with E-state index in [1.54, 1.807) is 30.3 Å². The summed E-state index contributed by atoms with van der Waals surface area (Å²) in [4.78, 5) is 36.8. The number of hydrogen-bond acceptors (Lipinski definition) is 10. The van der Waals surface area contributed by atoms with Crippen LogP contribution in [0.4, 0.5) is 9.59 Å². The van der Waals surface area contributed by atoms with Crippen LogP contribution in [0, 0.1) is 0 Å². The summed E-state index contributed by atoms with van der Waals surface area (Å²) in [6, 6.07) is 13.2. The van der Waals surface area contributed by atoms with Gasteiger partial charge in [-0.25, -0.2) is 14.3 Å². The van der Waals surface area contributed by atoms with E-state index in [4.69, 9.17) is 4.74 Å². The number of aliphatic hydroxyl groups is 1. The largest absolute Gasteiger partial charge is 0.504 e. The number of carbonyl (C=O) groups is 3. The first-order valence-corrected chi connectivity index (χ1v) is 12.4. The molecule has 4 rings (SSSR count). The Balaban J connectivity index is 1.28. The van der Waals surface area contributed by atoms with Crippen LogP contribution in [0.25, 0.3) is 10.8 Å². The van der Waals surface area contributed by atoms with Gasteiger partial charge in [0.1, 0.15) is 12.6 Å². The maximum atomic E-state index is 12.2. The molecular formula is C23H21N5O9S. The van der Waals surface area contributed by atoms with Gasteiger partial charge in [0, 0.05) is 5.56 Å². The molecule has 0 radical (unpaired) electrons. The van der Waals surface area contributed by atoms with E-state index in [1.165, 1.54) is 35.1 Å². The number of aromatic hydroxyl groups is 2. The number of rotatable bonds is 7. The van der Waals surface area contributed by atoms with Crippen LogP contribution in [-0.4, -0.2) is 59.3 Å². The summed E-state index contributed by atoms with van der Waals surface area (Å²) in [6.07, 6.45) is -2.63. The Morgan fingerprint density at radius 1 is 1.05 bits per heavy atom. The Morgan fingerprint density at radius 2 is 1.74 bits per heavy atom. The van der Waals surface area contributed by atoms with Gasteiger partial charge in [-0.05, 0) is 39.1 Å². The number of hydrogen-bond donors (Lipinski definition) is 5. The molecule has 1 saturated heterocycles. The summed E-state index contributed by atoms with van der Waals surface area (Å²) in [7, 11) is -4.74. The highest BCUT2D eigenvalue weighted by atomic mass is 32.2. The van der Waals surface area contributed by atoms with Crippen molar-refractivity contribution in [2.45, 2.75) is 18.9 Å². The molecule has 0 bridgehead atoms. The highest BCUT2D eigenvalue weighted by molar-refractivity contribution is 7.88. The van der Waals surface area contributed by atoms with Crippen molar-refractivity contribution in [3.8, 4) is 11.5 Å². The maximum Gasteiger partial charge on any atom is 0.408 e. The third kappa shape index (κ3) is 6.13. The van der Waals surface area contributed by atoms with Gasteiger partial charge in [0.25, 0.3) is 5.91 Å². The molecule has 0 aromatic heterocycles. The molecule has 3 aromatic rings. The minimum absolute atomic E-state index is 0.0296. The first-order chi connectivity index (χ1) is 18.0. The standard InChI is InChI=1S/C23H21N5O9S/c29-18-9-14-6-7-15(8-16(14)10-19(18)30)20(31)25-27-38(35,36)26-22(33)28-11-17(21(28)32)24-23(34)37-12-13-4-2-1-3-5-13/h1-10,17,20,29-31H,11-12H2,(H,24,34)(H,26,33). The Kier molecular flexibility index (Phi) is 7.40. The summed E-state index contributed by atoms with van der Waals surface area (Å²) in [6.45, 7) is -0.335. The molecule has 14 nitrogen and oxygen atoms in total. The Morgan fingerprint density at radius 3 is 2.42 bits per heavy atom. The predicted molar refractivity (Wildman–Crippen MR) is 130 cm³/mol. The van der Waals surface area contributed by atoms with Gasteiger partial charge in [0.2, 0.25) is 0 Å². The SMILES string of the molecule is O=C(NC1CN(C(=O)NS(=O)(=O)N=NC(O)c2ccc3cc(O)c(O)cc3c2)C1=O)OCc1ccccc1. The molecule has 2 atom stereocenters. The van der Waals surface area contributed by atoms with Gasteiger partial charge in [0.05, 0.1) is 6.54 Å². The number of benzene rings is 3. The van der Waals surface area contributed by atoms with Gasteiger partial charge in [-0.2, -0.15) is 8.42 Å². The molecular weight excluding hydrogens is 522 g/mol. The van der Waals surface area contributed by atoms with Crippen LogP contribution in [-0.2, 0) is 26.3 Å². The van der Waals surface area contributed by atoms with Crippen molar-refractivity contribution in [3.05, 3.63) is 71.8 Å². The van der Waals surface area contributed by atoms with Crippen LogP contribution in [0.1, 0.15) is 17.4 Å². The topological polar surface area (TPSA) is 207 Å². The number of phenolic OH excluding ortho intramolecular Hbond substituents is 2. The van der Waals surface area contributed by atoms with Crippen LogP contribution in [0.3, 0.4) is 0 Å². The number of likely N-dealkylation sites (tertiary alicyclic amines) is 1. The third-order valence-electron chi connectivity index (χ3n) is 5.42. The van der Waals surface area contributed by atoms with E-state index in [9.17, 15) is 38.1 Å². The van der Waals surface area contributed by atoms with Crippen molar-refractivity contribution in [2.75, 3.05) is 6.54 Å². The molecule has 0 saturated carbocycles. The molecule has 1 fully saturated rings. The molecule has 4 amide bonds.